The number of nitrogens with one attached hydrogen (secondary N) is 1. The highest BCUT2D eigenvalue weighted by Gasteiger charge is 2.42. The van der Waals surface area contributed by atoms with Gasteiger partial charge in [-0.2, -0.15) is 26.3 Å². The van der Waals surface area contributed by atoms with E-state index in [9.17, 15) is 36.2 Å². The van der Waals surface area contributed by atoms with Gasteiger partial charge in [0, 0.05) is 6.08 Å². The van der Waals surface area contributed by atoms with Gasteiger partial charge in [-0.3, -0.25) is 4.79 Å². The van der Waals surface area contributed by atoms with E-state index in [1.54, 1.807) is 41.7 Å². The van der Waals surface area contributed by atoms with Crippen LogP contribution in [0.5, 0.6) is 0 Å². The number of hydrogen-bond acceptors (Lipinski definition) is 2. The maximum absolute atomic E-state index is 13.5. The van der Waals surface area contributed by atoms with Gasteiger partial charge < -0.3 is 10.4 Å². The van der Waals surface area contributed by atoms with Crippen molar-refractivity contribution in [3.8, 4) is 0 Å². The zero-order valence-corrected chi connectivity index (χ0v) is 16.3. The summed E-state index contributed by atoms with van der Waals surface area (Å²) in [6.07, 6.45) is -7.65. The third kappa shape index (κ3) is 5.28. The third-order valence-corrected chi connectivity index (χ3v) is 4.79. The van der Waals surface area contributed by atoms with Gasteiger partial charge in [0.05, 0.1) is 12.2 Å². The molecule has 0 saturated carbocycles. The van der Waals surface area contributed by atoms with E-state index in [2.05, 4.69) is 0 Å². The molecule has 9 heteroatoms. The van der Waals surface area contributed by atoms with Crippen LogP contribution in [0.4, 0.5) is 26.3 Å². The molecule has 0 spiro atoms. The Morgan fingerprint density at radius 2 is 1.62 bits per heavy atom. The summed E-state index contributed by atoms with van der Waals surface area (Å²) < 4.78 is 79.2. The van der Waals surface area contributed by atoms with Crippen molar-refractivity contribution >= 4 is 22.8 Å². The molecule has 168 valence electrons. The van der Waals surface area contributed by atoms with Gasteiger partial charge in [0.2, 0.25) is 5.91 Å². The predicted octanol–water partition coefficient (Wildman–Crippen LogP) is 5.78. The summed E-state index contributed by atoms with van der Waals surface area (Å²) in [6.45, 7) is -0.213. The topological polar surface area (TPSA) is 49.3 Å². The second-order valence-corrected chi connectivity index (χ2v) is 6.96. The molecule has 0 aliphatic carbocycles. The summed E-state index contributed by atoms with van der Waals surface area (Å²) in [7, 11) is 0. The summed E-state index contributed by atoms with van der Waals surface area (Å²) >= 11 is 0. The number of halogens is 6. The van der Waals surface area contributed by atoms with Gasteiger partial charge in [-0.05, 0) is 45.7 Å². The Kier molecular flexibility index (Phi) is 6.59. The summed E-state index contributed by atoms with van der Waals surface area (Å²) in [5, 5.41) is 12.6. The third-order valence-electron chi connectivity index (χ3n) is 4.79. The highest BCUT2D eigenvalue weighted by molar-refractivity contribution is 5.97. The lowest BCUT2D eigenvalue weighted by molar-refractivity contribution is -0.162. The van der Waals surface area contributed by atoms with Crippen molar-refractivity contribution < 1.29 is 36.2 Å². The lowest BCUT2D eigenvalue weighted by Crippen LogP contribution is -2.37. The lowest BCUT2D eigenvalue weighted by Gasteiger charge is -2.22. The van der Waals surface area contributed by atoms with E-state index in [1.807, 2.05) is 0 Å². The largest absolute Gasteiger partial charge is 0.416 e. The smallest absolute Gasteiger partial charge is 0.392 e. The quantitative estimate of drug-likeness (QED) is 0.380. The first-order valence-corrected chi connectivity index (χ1v) is 9.34. The van der Waals surface area contributed by atoms with Crippen molar-refractivity contribution in [1.82, 2.24) is 5.32 Å². The van der Waals surface area contributed by atoms with Crippen LogP contribution < -0.4 is 5.32 Å². The molecule has 0 aromatic heterocycles. The second-order valence-electron chi connectivity index (χ2n) is 6.96. The molecule has 1 unspecified atom stereocenters. The number of hydrogen-bond donors (Lipinski definition) is 2. The van der Waals surface area contributed by atoms with Crippen LogP contribution >= 0.6 is 0 Å². The molecule has 0 saturated heterocycles. The van der Waals surface area contributed by atoms with Gasteiger partial charge in [0.15, 0.2) is 6.04 Å². The molecule has 3 rings (SSSR count). The van der Waals surface area contributed by atoms with Crippen molar-refractivity contribution in [2.75, 3.05) is 0 Å². The number of rotatable bonds is 5. The van der Waals surface area contributed by atoms with E-state index in [0.717, 1.165) is 23.6 Å². The fraction of sp³-hybridized carbons (Fsp3) is 0.174. The standard InChI is InChI=1S/C23H17F6NO2/c24-22(25,26)17-5-3-4-15(12-17)21(23(27,28)29)30-20(32)11-10-14-8-9-16(13-31)19-7-2-1-6-18(14)19/h1-12,21,31H,13H2,(H,30,32)/b11-10+. The summed E-state index contributed by atoms with van der Waals surface area (Å²) in [5.74, 6) is -1.12. The van der Waals surface area contributed by atoms with Crippen molar-refractivity contribution in [1.29, 1.82) is 0 Å². The molecule has 0 fully saturated rings. The highest BCUT2D eigenvalue weighted by atomic mass is 19.4. The van der Waals surface area contributed by atoms with Crippen LogP contribution in [0.25, 0.3) is 16.8 Å². The van der Waals surface area contributed by atoms with E-state index in [1.165, 1.54) is 6.08 Å². The molecule has 2 N–H and O–H groups in total. The molecule has 1 atom stereocenters. The van der Waals surface area contributed by atoms with Crippen LogP contribution in [0.1, 0.15) is 28.3 Å². The van der Waals surface area contributed by atoms with Crippen LogP contribution in [-0.4, -0.2) is 17.2 Å². The minimum absolute atomic E-state index is 0.213. The van der Waals surface area contributed by atoms with Crippen LogP contribution in [0.2, 0.25) is 0 Å². The zero-order valence-electron chi connectivity index (χ0n) is 16.3. The Morgan fingerprint density at radius 3 is 2.25 bits per heavy atom. The molecule has 32 heavy (non-hydrogen) atoms. The number of aliphatic hydroxyl groups excluding tert-OH is 1. The average Bonchev–Trinajstić information content (AvgIpc) is 2.74. The van der Waals surface area contributed by atoms with E-state index in [0.29, 0.717) is 28.6 Å². The van der Waals surface area contributed by atoms with Gasteiger partial charge in [-0.15, -0.1) is 0 Å². The molecule has 0 aliphatic heterocycles. The Bertz CT molecular complexity index is 1150. The fourth-order valence-corrected chi connectivity index (χ4v) is 3.27. The number of fused-ring (bicyclic) bond motifs is 1. The van der Waals surface area contributed by atoms with E-state index >= 15 is 0 Å². The van der Waals surface area contributed by atoms with Crippen molar-refractivity contribution in [2.45, 2.75) is 25.0 Å². The molecule has 0 aliphatic rings. The summed E-state index contributed by atoms with van der Waals surface area (Å²) in [5.41, 5.74) is -0.809. The Labute approximate surface area is 179 Å². The lowest BCUT2D eigenvalue weighted by atomic mass is 9.99. The number of carbonyl (C=O) groups excluding carboxylic acids is 1. The van der Waals surface area contributed by atoms with Crippen molar-refractivity contribution in [3.63, 3.8) is 0 Å². The minimum atomic E-state index is -5.01. The summed E-state index contributed by atoms with van der Waals surface area (Å²) in [4.78, 5) is 12.2. The first kappa shape index (κ1) is 23.3. The van der Waals surface area contributed by atoms with Crippen molar-refractivity contribution in [3.05, 3.63) is 89.0 Å². The predicted molar refractivity (Wildman–Crippen MR) is 107 cm³/mol. The Morgan fingerprint density at radius 1 is 0.938 bits per heavy atom. The Balaban J connectivity index is 1.88. The number of carbonyl (C=O) groups is 1. The fourth-order valence-electron chi connectivity index (χ4n) is 3.27. The zero-order chi connectivity index (χ0) is 23.5. The molecule has 0 heterocycles. The number of alkyl halides is 6. The first-order chi connectivity index (χ1) is 15.0. The molecule has 3 aromatic carbocycles. The number of amides is 1. The van der Waals surface area contributed by atoms with Gasteiger partial charge in [0.25, 0.3) is 0 Å². The average molecular weight is 453 g/mol. The van der Waals surface area contributed by atoms with E-state index < -0.39 is 35.4 Å². The molecular formula is C23H17F6NO2. The first-order valence-electron chi connectivity index (χ1n) is 9.34. The number of aliphatic hydroxyl groups is 1. The Hall–Kier alpha value is -3.33. The van der Waals surface area contributed by atoms with Crippen LogP contribution in [0.15, 0.2) is 66.7 Å². The van der Waals surface area contributed by atoms with Gasteiger partial charge in [-0.25, -0.2) is 0 Å². The van der Waals surface area contributed by atoms with Gasteiger partial charge in [-0.1, -0.05) is 48.5 Å². The minimum Gasteiger partial charge on any atom is -0.392 e. The van der Waals surface area contributed by atoms with E-state index in [4.69, 9.17) is 0 Å². The van der Waals surface area contributed by atoms with Crippen LogP contribution in [-0.2, 0) is 17.6 Å². The van der Waals surface area contributed by atoms with Gasteiger partial charge in [0.1, 0.15) is 0 Å². The molecular weight excluding hydrogens is 436 g/mol. The molecule has 0 radical (unpaired) electrons. The number of benzene rings is 3. The molecule has 0 bridgehead atoms. The van der Waals surface area contributed by atoms with Gasteiger partial charge >= 0.3 is 12.4 Å². The van der Waals surface area contributed by atoms with Crippen LogP contribution in [0.3, 0.4) is 0 Å². The normalized spacial score (nSPS) is 13.5. The molecule has 1 amide bonds. The monoisotopic (exact) mass is 453 g/mol. The maximum Gasteiger partial charge on any atom is 0.416 e. The molecule has 3 aromatic rings. The van der Waals surface area contributed by atoms with Crippen molar-refractivity contribution in [2.24, 2.45) is 0 Å². The molecule has 3 nitrogen and oxygen atoms in total. The SMILES string of the molecule is O=C(/C=C/c1ccc(CO)c2ccccc12)NC(c1cccc(C(F)(F)F)c1)C(F)(F)F. The van der Waals surface area contributed by atoms with Crippen LogP contribution in [0, 0.1) is 0 Å². The second kappa shape index (κ2) is 9.04. The maximum atomic E-state index is 13.5. The highest BCUT2D eigenvalue weighted by Crippen LogP contribution is 2.36. The summed E-state index contributed by atoms with van der Waals surface area (Å²) in [6, 6.07) is 10.3. The van der Waals surface area contributed by atoms with E-state index in [-0.39, 0.29) is 6.61 Å².